The number of likely N-dealkylation sites (tertiary alicyclic amines) is 1. The monoisotopic (exact) mass is 307 g/mol. The Bertz CT molecular complexity index is 508. The van der Waals surface area contributed by atoms with Gasteiger partial charge in [0.1, 0.15) is 0 Å². The van der Waals surface area contributed by atoms with Gasteiger partial charge in [-0.25, -0.2) is 0 Å². The lowest BCUT2D eigenvalue weighted by Gasteiger charge is -2.24. The van der Waals surface area contributed by atoms with Gasteiger partial charge < -0.3 is 15.3 Å². The number of aliphatic imine (C=N–C) groups is 1. The minimum absolute atomic E-state index is 0.430. The molecule has 2 atom stereocenters. The molecule has 22 heavy (non-hydrogen) atoms. The number of aryl methyl sites for hydroxylation is 1. The largest absolute Gasteiger partial charge is 0.388 e. The highest BCUT2D eigenvalue weighted by atomic mass is 16.3. The van der Waals surface area contributed by atoms with E-state index in [-0.39, 0.29) is 0 Å². The highest BCUT2D eigenvalue weighted by Gasteiger charge is 2.27. The van der Waals surface area contributed by atoms with Crippen LogP contribution >= 0.6 is 0 Å². The second-order valence-corrected chi connectivity index (χ2v) is 6.40. The van der Waals surface area contributed by atoms with Crippen molar-refractivity contribution in [3.63, 3.8) is 0 Å². The minimum Gasteiger partial charge on any atom is -0.388 e. The lowest BCUT2D eigenvalue weighted by Crippen LogP contribution is -2.41. The zero-order valence-electron chi connectivity index (χ0n) is 14.2. The molecule has 2 heterocycles. The highest BCUT2D eigenvalue weighted by Crippen LogP contribution is 2.26. The fourth-order valence-electron chi connectivity index (χ4n) is 2.66. The molecule has 2 rings (SSSR count). The second-order valence-electron chi connectivity index (χ2n) is 6.40. The summed E-state index contributed by atoms with van der Waals surface area (Å²) in [7, 11) is 1.95. The quantitative estimate of drug-likeness (QED) is 0.636. The SMILES string of the molecule is CCNC(=NCC(C)(O)CC)N1CCC(c2cnn(C)c2)C1. The third-order valence-corrected chi connectivity index (χ3v) is 4.35. The molecule has 0 bridgehead atoms. The van der Waals surface area contributed by atoms with Gasteiger partial charge >= 0.3 is 0 Å². The summed E-state index contributed by atoms with van der Waals surface area (Å²) in [4.78, 5) is 6.92. The van der Waals surface area contributed by atoms with Crippen LogP contribution in [0.15, 0.2) is 17.4 Å². The number of hydrogen-bond acceptors (Lipinski definition) is 3. The van der Waals surface area contributed by atoms with E-state index in [1.54, 1.807) is 0 Å². The van der Waals surface area contributed by atoms with E-state index in [9.17, 15) is 5.11 Å². The van der Waals surface area contributed by atoms with E-state index in [2.05, 4.69) is 33.4 Å². The molecule has 6 heteroatoms. The van der Waals surface area contributed by atoms with Gasteiger partial charge in [0, 0.05) is 38.8 Å². The Morgan fingerprint density at radius 2 is 2.32 bits per heavy atom. The van der Waals surface area contributed by atoms with E-state index in [0.717, 1.165) is 32.0 Å². The number of rotatable bonds is 5. The van der Waals surface area contributed by atoms with Crippen LogP contribution in [0.5, 0.6) is 0 Å². The normalized spacial score (nSPS) is 22.0. The zero-order chi connectivity index (χ0) is 16.2. The molecule has 2 unspecified atom stereocenters. The summed E-state index contributed by atoms with van der Waals surface area (Å²) in [6.07, 6.45) is 5.87. The molecule has 0 amide bonds. The standard InChI is InChI=1S/C16H29N5O/c1-5-16(3,22)12-18-15(17-6-2)21-8-7-13(11-21)14-9-19-20(4)10-14/h9-10,13,22H,5-8,11-12H2,1-4H3,(H,17,18). The van der Waals surface area contributed by atoms with Gasteiger partial charge in [-0.15, -0.1) is 0 Å². The maximum Gasteiger partial charge on any atom is 0.194 e. The van der Waals surface area contributed by atoms with Crippen molar-refractivity contribution in [3.8, 4) is 0 Å². The van der Waals surface area contributed by atoms with E-state index in [0.29, 0.717) is 18.9 Å². The summed E-state index contributed by atoms with van der Waals surface area (Å²) < 4.78 is 1.86. The Kier molecular flexibility index (Phi) is 5.45. The number of aliphatic hydroxyl groups is 1. The van der Waals surface area contributed by atoms with E-state index in [1.807, 2.05) is 31.8 Å². The third kappa shape index (κ3) is 4.22. The van der Waals surface area contributed by atoms with Gasteiger partial charge in [-0.3, -0.25) is 9.67 Å². The molecule has 1 aromatic rings. The van der Waals surface area contributed by atoms with Crippen molar-refractivity contribution in [2.45, 2.75) is 45.1 Å². The molecule has 2 N–H and O–H groups in total. The maximum absolute atomic E-state index is 10.2. The van der Waals surface area contributed by atoms with Crippen LogP contribution in [0, 0.1) is 0 Å². The molecule has 1 aliphatic rings. The Morgan fingerprint density at radius 3 is 2.91 bits per heavy atom. The molecule has 0 saturated carbocycles. The van der Waals surface area contributed by atoms with Crippen molar-refractivity contribution >= 4 is 5.96 Å². The van der Waals surface area contributed by atoms with Crippen LogP contribution in [0.1, 0.15) is 45.1 Å². The van der Waals surface area contributed by atoms with Crippen molar-refractivity contribution in [2.75, 3.05) is 26.2 Å². The smallest absolute Gasteiger partial charge is 0.194 e. The number of hydrogen-bond donors (Lipinski definition) is 2. The highest BCUT2D eigenvalue weighted by molar-refractivity contribution is 5.80. The second kappa shape index (κ2) is 7.13. The van der Waals surface area contributed by atoms with Crippen molar-refractivity contribution in [2.24, 2.45) is 12.0 Å². The molecular weight excluding hydrogens is 278 g/mol. The lowest BCUT2D eigenvalue weighted by atomic mass is 10.0. The van der Waals surface area contributed by atoms with Gasteiger partial charge in [0.05, 0.1) is 18.3 Å². The van der Waals surface area contributed by atoms with E-state index in [1.165, 1.54) is 5.56 Å². The van der Waals surface area contributed by atoms with Crippen molar-refractivity contribution in [3.05, 3.63) is 18.0 Å². The van der Waals surface area contributed by atoms with Gasteiger partial charge in [0.25, 0.3) is 0 Å². The minimum atomic E-state index is -0.733. The first-order chi connectivity index (χ1) is 10.4. The number of guanidine groups is 1. The topological polar surface area (TPSA) is 65.7 Å². The van der Waals surface area contributed by atoms with Crippen LogP contribution in [-0.2, 0) is 7.05 Å². The van der Waals surface area contributed by atoms with Crippen molar-refractivity contribution in [1.82, 2.24) is 20.0 Å². The summed E-state index contributed by atoms with van der Waals surface area (Å²) in [5, 5.41) is 17.8. The average molecular weight is 307 g/mol. The maximum atomic E-state index is 10.2. The predicted molar refractivity (Wildman–Crippen MR) is 89.0 cm³/mol. The molecule has 0 aliphatic carbocycles. The molecule has 1 fully saturated rings. The fraction of sp³-hybridized carbons (Fsp3) is 0.750. The molecular formula is C16H29N5O. The Labute approximate surface area is 133 Å². The van der Waals surface area contributed by atoms with Gasteiger partial charge in [-0.1, -0.05) is 6.92 Å². The van der Waals surface area contributed by atoms with Crippen LogP contribution < -0.4 is 5.32 Å². The van der Waals surface area contributed by atoms with Crippen LogP contribution in [0.4, 0.5) is 0 Å². The van der Waals surface area contributed by atoms with Gasteiger partial charge in [-0.2, -0.15) is 5.10 Å². The fourth-order valence-corrected chi connectivity index (χ4v) is 2.66. The molecule has 0 radical (unpaired) electrons. The Balaban J connectivity index is 2.02. The average Bonchev–Trinajstić information content (AvgIpc) is 3.12. The third-order valence-electron chi connectivity index (χ3n) is 4.35. The van der Waals surface area contributed by atoms with Crippen LogP contribution in [0.25, 0.3) is 0 Å². The predicted octanol–water partition coefficient (Wildman–Crippen LogP) is 1.34. The summed E-state index contributed by atoms with van der Waals surface area (Å²) in [5.74, 6) is 1.41. The van der Waals surface area contributed by atoms with Crippen LogP contribution in [0.2, 0.25) is 0 Å². The van der Waals surface area contributed by atoms with Crippen molar-refractivity contribution < 1.29 is 5.11 Å². The molecule has 124 valence electrons. The Hall–Kier alpha value is -1.56. The number of nitrogens with one attached hydrogen (secondary N) is 1. The molecule has 0 spiro atoms. The van der Waals surface area contributed by atoms with Crippen molar-refractivity contribution in [1.29, 1.82) is 0 Å². The first-order valence-electron chi connectivity index (χ1n) is 8.19. The van der Waals surface area contributed by atoms with Gasteiger partial charge in [0.15, 0.2) is 5.96 Å². The summed E-state index contributed by atoms with van der Waals surface area (Å²) >= 11 is 0. The first-order valence-corrected chi connectivity index (χ1v) is 8.19. The number of nitrogens with zero attached hydrogens (tertiary/aromatic N) is 4. The number of aromatic nitrogens is 2. The van der Waals surface area contributed by atoms with E-state index >= 15 is 0 Å². The summed E-state index contributed by atoms with van der Waals surface area (Å²) in [6.45, 7) is 9.09. The molecule has 1 saturated heterocycles. The molecule has 6 nitrogen and oxygen atoms in total. The Morgan fingerprint density at radius 1 is 1.55 bits per heavy atom. The lowest BCUT2D eigenvalue weighted by molar-refractivity contribution is 0.0654. The molecule has 0 aromatic carbocycles. The summed E-state index contributed by atoms with van der Waals surface area (Å²) in [6, 6.07) is 0. The van der Waals surface area contributed by atoms with Gasteiger partial charge in [-0.05, 0) is 32.3 Å². The molecule has 1 aliphatic heterocycles. The summed E-state index contributed by atoms with van der Waals surface area (Å²) in [5.41, 5.74) is 0.560. The first kappa shape index (κ1) is 16.8. The van der Waals surface area contributed by atoms with Crippen LogP contribution in [0.3, 0.4) is 0 Å². The van der Waals surface area contributed by atoms with Gasteiger partial charge in [0.2, 0.25) is 0 Å². The van der Waals surface area contributed by atoms with Crippen LogP contribution in [-0.4, -0.2) is 57.5 Å². The van der Waals surface area contributed by atoms with E-state index < -0.39 is 5.60 Å². The zero-order valence-corrected chi connectivity index (χ0v) is 14.2. The molecule has 1 aromatic heterocycles. The van der Waals surface area contributed by atoms with E-state index in [4.69, 9.17) is 0 Å².